The highest BCUT2D eigenvalue weighted by molar-refractivity contribution is 5.79. The second kappa shape index (κ2) is 4.27. The first-order valence-electron chi connectivity index (χ1n) is 3.92. The molecule has 0 spiro atoms. The van der Waals surface area contributed by atoms with Crippen LogP contribution in [-0.2, 0) is 4.79 Å². The molecule has 0 saturated heterocycles. The van der Waals surface area contributed by atoms with Gasteiger partial charge in [0, 0.05) is 11.6 Å². The van der Waals surface area contributed by atoms with Gasteiger partial charge in [-0.2, -0.15) is 5.26 Å². The third-order valence-electron chi connectivity index (χ3n) is 1.75. The Labute approximate surface area is 76.3 Å². The normalized spacial score (nSPS) is 21.2. The van der Waals surface area contributed by atoms with Crippen molar-refractivity contribution in [1.82, 2.24) is 0 Å². The Kier molecular flexibility index (Phi) is 3.04. The molecule has 0 aromatic carbocycles. The predicted molar refractivity (Wildman–Crippen MR) is 47.7 cm³/mol. The molecule has 0 amide bonds. The molecule has 1 rings (SSSR count). The number of allylic oxidation sites excluding steroid dienone is 5. The fraction of sp³-hybridized carbons (Fsp3) is 0.200. The first kappa shape index (κ1) is 9.27. The van der Waals surface area contributed by atoms with E-state index in [-0.39, 0.29) is 5.92 Å². The van der Waals surface area contributed by atoms with E-state index < -0.39 is 5.97 Å². The number of nitriles is 1. The Balaban J connectivity index is 2.54. The summed E-state index contributed by atoms with van der Waals surface area (Å²) in [6.45, 7) is 0. The Hall–Kier alpha value is -1.82. The van der Waals surface area contributed by atoms with E-state index in [1.807, 2.05) is 12.1 Å². The molecule has 0 aromatic rings. The fourth-order valence-corrected chi connectivity index (χ4v) is 1.07. The highest BCUT2D eigenvalue weighted by Gasteiger charge is 2.04. The van der Waals surface area contributed by atoms with Crippen LogP contribution in [0.5, 0.6) is 0 Å². The summed E-state index contributed by atoms with van der Waals surface area (Å²) in [5.41, 5.74) is 0.639. The van der Waals surface area contributed by atoms with Crippen molar-refractivity contribution < 1.29 is 9.90 Å². The molecule has 3 heteroatoms. The summed E-state index contributed by atoms with van der Waals surface area (Å²) in [7, 11) is 0. The maximum absolute atomic E-state index is 10.2. The lowest BCUT2D eigenvalue weighted by Crippen LogP contribution is -1.97. The van der Waals surface area contributed by atoms with E-state index in [0.29, 0.717) is 12.0 Å². The van der Waals surface area contributed by atoms with Gasteiger partial charge in [-0.05, 0) is 18.4 Å². The van der Waals surface area contributed by atoms with Gasteiger partial charge in [0.2, 0.25) is 0 Å². The van der Waals surface area contributed by atoms with E-state index in [4.69, 9.17) is 10.4 Å². The van der Waals surface area contributed by atoms with Crippen LogP contribution in [0, 0.1) is 17.2 Å². The molecule has 0 heterocycles. The van der Waals surface area contributed by atoms with E-state index in [0.717, 1.165) is 6.08 Å². The average molecular weight is 175 g/mol. The number of aliphatic carboxylic acids is 1. The molecule has 0 fully saturated rings. The molecule has 3 nitrogen and oxygen atoms in total. The summed E-state index contributed by atoms with van der Waals surface area (Å²) in [6, 6.07) is 2.02. The number of carboxylic acid groups (broad SMARTS) is 1. The van der Waals surface area contributed by atoms with E-state index in [1.54, 1.807) is 18.2 Å². The number of rotatable bonds is 2. The summed E-state index contributed by atoms with van der Waals surface area (Å²) in [5, 5.41) is 16.9. The van der Waals surface area contributed by atoms with Crippen molar-refractivity contribution >= 4 is 5.97 Å². The van der Waals surface area contributed by atoms with Crippen molar-refractivity contribution in [2.45, 2.75) is 6.42 Å². The van der Waals surface area contributed by atoms with Crippen molar-refractivity contribution in [1.29, 1.82) is 5.26 Å². The molecule has 0 aliphatic heterocycles. The summed E-state index contributed by atoms with van der Waals surface area (Å²) < 4.78 is 0. The number of nitrogens with zero attached hydrogens (tertiary/aromatic N) is 1. The molecule has 0 saturated carbocycles. The van der Waals surface area contributed by atoms with Gasteiger partial charge in [0.05, 0.1) is 6.07 Å². The zero-order valence-electron chi connectivity index (χ0n) is 6.97. The third-order valence-corrected chi connectivity index (χ3v) is 1.75. The van der Waals surface area contributed by atoms with Gasteiger partial charge in [-0.1, -0.05) is 18.2 Å². The Morgan fingerprint density at radius 3 is 3.00 bits per heavy atom. The van der Waals surface area contributed by atoms with E-state index in [1.165, 1.54) is 0 Å². The minimum atomic E-state index is -0.941. The molecule has 0 radical (unpaired) electrons. The van der Waals surface area contributed by atoms with Crippen LogP contribution in [0.4, 0.5) is 0 Å². The largest absolute Gasteiger partial charge is 0.478 e. The first-order valence-corrected chi connectivity index (χ1v) is 3.92. The van der Waals surface area contributed by atoms with Crippen LogP contribution in [0.25, 0.3) is 0 Å². The Morgan fingerprint density at radius 1 is 1.77 bits per heavy atom. The number of carbonyl (C=O) groups is 1. The molecule has 66 valence electrons. The van der Waals surface area contributed by atoms with E-state index in [9.17, 15) is 4.79 Å². The Morgan fingerprint density at radius 2 is 2.54 bits per heavy atom. The summed E-state index contributed by atoms with van der Waals surface area (Å²) >= 11 is 0. The van der Waals surface area contributed by atoms with Gasteiger partial charge in [0.15, 0.2) is 0 Å². The first-order chi connectivity index (χ1) is 6.22. The van der Waals surface area contributed by atoms with Gasteiger partial charge in [-0.3, -0.25) is 0 Å². The average Bonchev–Trinajstić information content (AvgIpc) is 2.15. The van der Waals surface area contributed by atoms with Crippen LogP contribution in [0.2, 0.25) is 0 Å². The van der Waals surface area contributed by atoms with E-state index in [2.05, 4.69) is 0 Å². The summed E-state index contributed by atoms with van der Waals surface area (Å²) in [5.74, 6) is -0.836. The molecular formula is C10H9NO2. The zero-order chi connectivity index (χ0) is 9.68. The quantitative estimate of drug-likeness (QED) is 0.649. The summed E-state index contributed by atoms with van der Waals surface area (Å²) in [4.78, 5) is 10.2. The SMILES string of the molecule is N#CC1=CCC(C=CC(=O)O)C=C1. The van der Waals surface area contributed by atoms with Gasteiger partial charge in [0.1, 0.15) is 0 Å². The smallest absolute Gasteiger partial charge is 0.327 e. The molecule has 0 aromatic heterocycles. The van der Waals surface area contributed by atoms with Gasteiger partial charge in [-0.15, -0.1) is 0 Å². The molecule has 1 N–H and O–H groups in total. The van der Waals surface area contributed by atoms with Crippen molar-refractivity contribution in [2.75, 3.05) is 0 Å². The lowest BCUT2D eigenvalue weighted by molar-refractivity contribution is -0.131. The molecule has 1 aliphatic carbocycles. The third kappa shape index (κ3) is 2.96. The minimum Gasteiger partial charge on any atom is -0.478 e. The van der Waals surface area contributed by atoms with Crippen LogP contribution in [0.3, 0.4) is 0 Å². The molecule has 1 atom stereocenters. The number of hydrogen-bond donors (Lipinski definition) is 1. The lowest BCUT2D eigenvalue weighted by atomic mass is 9.97. The van der Waals surface area contributed by atoms with Crippen molar-refractivity contribution in [3.63, 3.8) is 0 Å². The second-order valence-corrected chi connectivity index (χ2v) is 2.73. The van der Waals surface area contributed by atoms with Gasteiger partial charge in [0.25, 0.3) is 0 Å². The lowest BCUT2D eigenvalue weighted by Gasteiger charge is -2.07. The monoisotopic (exact) mass is 175 g/mol. The van der Waals surface area contributed by atoms with Gasteiger partial charge < -0.3 is 5.11 Å². The van der Waals surface area contributed by atoms with Crippen molar-refractivity contribution in [3.8, 4) is 6.07 Å². The maximum Gasteiger partial charge on any atom is 0.327 e. The van der Waals surface area contributed by atoms with Crippen molar-refractivity contribution in [2.24, 2.45) is 5.92 Å². The number of hydrogen-bond acceptors (Lipinski definition) is 2. The zero-order valence-corrected chi connectivity index (χ0v) is 6.97. The van der Waals surface area contributed by atoms with Crippen LogP contribution in [0.15, 0.2) is 36.0 Å². The minimum absolute atomic E-state index is 0.105. The van der Waals surface area contributed by atoms with Gasteiger partial charge >= 0.3 is 5.97 Å². The van der Waals surface area contributed by atoms with Crippen LogP contribution < -0.4 is 0 Å². The molecule has 1 aliphatic rings. The predicted octanol–water partition coefficient (Wildman–Crippen LogP) is 1.65. The molecule has 0 bridgehead atoms. The maximum atomic E-state index is 10.2. The molecular weight excluding hydrogens is 166 g/mol. The van der Waals surface area contributed by atoms with Crippen molar-refractivity contribution in [3.05, 3.63) is 36.0 Å². The standard InChI is InChI=1S/C10H9NO2/c11-7-9-3-1-8(2-4-9)5-6-10(12)13/h1,3-6,8H,2H2,(H,12,13). The van der Waals surface area contributed by atoms with Crippen LogP contribution in [0.1, 0.15) is 6.42 Å². The van der Waals surface area contributed by atoms with Crippen LogP contribution >= 0.6 is 0 Å². The highest BCUT2D eigenvalue weighted by atomic mass is 16.4. The number of carboxylic acids is 1. The molecule has 13 heavy (non-hydrogen) atoms. The second-order valence-electron chi connectivity index (χ2n) is 2.73. The van der Waals surface area contributed by atoms with Crippen LogP contribution in [-0.4, -0.2) is 11.1 Å². The van der Waals surface area contributed by atoms with Gasteiger partial charge in [-0.25, -0.2) is 4.79 Å². The van der Waals surface area contributed by atoms with E-state index >= 15 is 0 Å². The summed E-state index contributed by atoms with van der Waals surface area (Å²) in [6.07, 6.45) is 8.78. The Bertz CT molecular complexity index is 331. The highest BCUT2D eigenvalue weighted by Crippen LogP contribution is 2.16. The molecule has 1 unspecified atom stereocenters. The topological polar surface area (TPSA) is 61.1 Å². The fourth-order valence-electron chi connectivity index (χ4n) is 1.07.